The molecular formula is C15H17F2N5. The van der Waals surface area contributed by atoms with E-state index >= 15 is 0 Å². The number of anilines is 1. The van der Waals surface area contributed by atoms with Gasteiger partial charge in [-0.25, -0.2) is 8.78 Å². The van der Waals surface area contributed by atoms with E-state index in [1.165, 1.54) is 0 Å². The predicted octanol–water partition coefficient (Wildman–Crippen LogP) is 1.85. The second-order valence-electron chi connectivity index (χ2n) is 5.52. The maximum absolute atomic E-state index is 13.8. The fourth-order valence-corrected chi connectivity index (χ4v) is 2.88. The number of nitrogens with zero attached hydrogens (tertiary/aromatic N) is 4. The summed E-state index contributed by atoms with van der Waals surface area (Å²) in [6, 6.07) is 3.03. The molecule has 2 aromatic rings. The van der Waals surface area contributed by atoms with Crippen LogP contribution in [0, 0.1) is 0 Å². The van der Waals surface area contributed by atoms with Crippen molar-refractivity contribution in [3.8, 4) is 0 Å². The maximum Gasteiger partial charge on any atom is 0.266 e. The lowest BCUT2D eigenvalue weighted by molar-refractivity contribution is -0.0171. The fourth-order valence-electron chi connectivity index (χ4n) is 2.88. The van der Waals surface area contributed by atoms with Crippen molar-refractivity contribution in [1.29, 1.82) is 0 Å². The number of benzene rings is 1. The fraction of sp³-hybridized carbons (Fsp3) is 0.400. The van der Waals surface area contributed by atoms with Crippen molar-refractivity contribution in [2.75, 3.05) is 25.0 Å². The largest absolute Gasteiger partial charge is 0.362 e. The molecule has 5 nitrogen and oxygen atoms in total. The molecule has 1 aromatic heterocycles. The van der Waals surface area contributed by atoms with Crippen LogP contribution in [-0.4, -0.2) is 48.3 Å². The number of alkyl halides is 2. The number of nitrogens with two attached hydrogens (primary N) is 1. The highest BCUT2D eigenvalue weighted by Crippen LogP contribution is 2.33. The minimum absolute atomic E-state index is 0.284. The Hall–Kier alpha value is -2.15. The molecule has 0 radical (unpaired) electrons. The van der Waals surface area contributed by atoms with E-state index in [1.807, 2.05) is 6.07 Å². The van der Waals surface area contributed by atoms with E-state index in [2.05, 4.69) is 15.0 Å². The Morgan fingerprint density at radius 1 is 1.32 bits per heavy atom. The number of hydrogen-bond acceptors (Lipinski definition) is 5. The molecule has 2 N–H and O–H groups in total. The molecule has 1 fully saturated rings. The van der Waals surface area contributed by atoms with Crippen molar-refractivity contribution < 1.29 is 8.78 Å². The van der Waals surface area contributed by atoms with Gasteiger partial charge in [-0.1, -0.05) is 0 Å². The van der Waals surface area contributed by atoms with E-state index in [4.69, 9.17) is 5.73 Å². The van der Waals surface area contributed by atoms with E-state index in [9.17, 15) is 8.78 Å². The number of aromatic nitrogens is 2. The standard InChI is InChI=1S/C15H17F2N5/c1-19-7-10-2-3-12(14-13(10)20-4-5-21-14)22-8-11(18)6-15(16,17)9-22/h2-5,7,11H,6,8-9,18H2,1H3. The van der Waals surface area contributed by atoms with Crippen LogP contribution in [0.4, 0.5) is 14.5 Å². The summed E-state index contributed by atoms with van der Waals surface area (Å²) in [5.41, 5.74) is 8.45. The van der Waals surface area contributed by atoms with Gasteiger partial charge in [0.05, 0.1) is 17.7 Å². The van der Waals surface area contributed by atoms with Gasteiger partial charge in [0, 0.05) is 50.2 Å². The lowest BCUT2D eigenvalue weighted by Gasteiger charge is -2.37. The van der Waals surface area contributed by atoms with Crippen molar-refractivity contribution in [1.82, 2.24) is 9.97 Å². The first-order valence-electron chi connectivity index (χ1n) is 7.04. The highest BCUT2D eigenvalue weighted by atomic mass is 19.3. The smallest absolute Gasteiger partial charge is 0.266 e. The number of piperidine rings is 1. The molecule has 1 atom stereocenters. The number of hydrogen-bond donors (Lipinski definition) is 1. The van der Waals surface area contributed by atoms with E-state index < -0.39 is 12.0 Å². The number of rotatable bonds is 2. The second kappa shape index (κ2) is 5.57. The van der Waals surface area contributed by atoms with Crippen LogP contribution in [0.2, 0.25) is 0 Å². The zero-order chi connectivity index (χ0) is 15.7. The van der Waals surface area contributed by atoms with Crippen molar-refractivity contribution in [2.24, 2.45) is 10.7 Å². The molecule has 1 saturated heterocycles. The number of fused-ring (bicyclic) bond motifs is 1. The van der Waals surface area contributed by atoms with E-state index in [0.29, 0.717) is 23.3 Å². The van der Waals surface area contributed by atoms with Crippen LogP contribution in [0.3, 0.4) is 0 Å². The van der Waals surface area contributed by atoms with Gasteiger partial charge in [0.1, 0.15) is 5.52 Å². The first-order valence-corrected chi connectivity index (χ1v) is 7.04. The summed E-state index contributed by atoms with van der Waals surface area (Å²) in [7, 11) is 1.67. The zero-order valence-corrected chi connectivity index (χ0v) is 12.2. The van der Waals surface area contributed by atoms with Crippen molar-refractivity contribution in [3.05, 3.63) is 30.1 Å². The van der Waals surface area contributed by atoms with Crippen molar-refractivity contribution in [2.45, 2.75) is 18.4 Å². The monoisotopic (exact) mass is 305 g/mol. The summed E-state index contributed by atoms with van der Waals surface area (Å²) in [6.45, 7) is 0.0239. The Morgan fingerprint density at radius 2 is 2.05 bits per heavy atom. The van der Waals surface area contributed by atoms with E-state index in [1.54, 1.807) is 36.6 Å². The number of halogens is 2. The zero-order valence-electron chi connectivity index (χ0n) is 12.2. The van der Waals surface area contributed by atoms with Crippen LogP contribution >= 0.6 is 0 Å². The molecule has 3 rings (SSSR count). The molecule has 7 heteroatoms. The molecule has 1 unspecified atom stereocenters. The van der Waals surface area contributed by atoms with Gasteiger partial charge in [0.25, 0.3) is 5.92 Å². The minimum atomic E-state index is -2.80. The molecule has 0 saturated carbocycles. The van der Waals surface area contributed by atoms with Crippen LogP contribution in [0.15, 0.2) is 29.5 Å². The molecule has 0 bridgehead atoms. The highest BCUT2D eigenvalue weighted by Gasteiger charge is 2.39. The van der Waals surface area contributed by atoms with Crippen LogP contribution in [0.5, 0.6) is 0 Å². The average Bonchev–Trinajstić information content (AvgIpc) is 2.45. The highest BCUT2D eigenvalue weighted by molar-refractivity contribution is 6.01. The van der Waals surface area contributed by atoms with Gasteiger partial charge >= 0.3 is 0 Å². The molecule has 1 aromatic carbocycles. The normalized spacial score (nSPS) is 21.6. The minimum Gasteiger partial charge on any atom is -0.362 e. The Bertz CT molecular complexity index is 716. The van der Waals surface area contributed by atoms with Crippen LogP contribution in [-0.2, 0) is 0 Å². The average molecular weight is 305 g/mol. The Morgan fingerprint density at radius 3 is 2.73 bits per heavy atom. The first kappa shape index (κ1) is 14.8. The Balaban J connectivity index is 2.10. The van der Waals surface area contributed by atoms with Crippen LogP contribution in [0.25, 0.3) is 11.0 Å². The third-order valence-electron chi connectivity index (χ3n) is 3.68. The molecule has 0 amide bonds. The Labute approximate surface area is 126 Å². The summed E-state index contributed by atoms with van der Waals surface area (Å²) in [5.74, 6) is -2.80. The Kier molecular flexibility index (Phi) is 3.74. The van der Waals surface area contributed by atoms with Crippen LogP contribution in [0.1, 0.15) is 12.0 Å². The van der Waals surface area contributed by atoms with Gasteiger partial charge in [-0.3, -0.25) is 15.0 Å². The lowest BCUT2D eigenvalue weighted by atomic mass is 10.0. The van der Waals surface area contributed by atoms with Gasteiger partial charge in [-0.2, -0.15) is 0 Å². The molecule has 22 heavy (non-hydrogen) atoms. The van der Waals surface area contributed by atoms with Crippen LogP contribution < -0.4 is 10.6 Å². The van der Waals surface area contributed by atoms with Gasteiger partial charge < -0.3 is 10.6 Å². The SMILES string of the molecule is CN=Cc1ccc(N2CC(N)CC(F)(F)C2)c2nccnc12. The molecule has 1 aliphatic rings. The van der Waals surface area contributed by atoms with Gasteiger partial charge in [-0.15, -0.1) is 0 Å². The third kappa shape index (κ3) is 2.76. The second-order valence-corrected chi connectivity index (χ2v) is 5.52. The van der Waals surface area contributed by atoms with Gasteiger partial charge in [0.15, 0.2) is 0 Å². The summed E-state index contributed by atoms with van der Waals surface area (Å²) < 4.78 is 27.6. The summed E-state index contributed by atoms with van der Waals surface area (Å²) >= 11 is 0. The summed E-state index contributed by atoms with van der Waals surface area (Å²) in [6.07, 6.45) is 4.53. The first-order chi connectivity index (χ1) is 10.5. The summed E-state index contributed by atoms with van der Waals surface area (Å²) in [4.78, 5) is 14.2. The quantitative estimate of drug-likeness (QED) is 0.860. The van der Waals surface area contributed by atoms with Gasteiger partial charge in [0.2, 0.25) is 0 Å². The summed E-state index contributed by atoms with van der Waals surface area (Å²) in [5, 5.41) is 0. The van der Waals surface area contributed by atoms with Crippen molar-refractivity contribution >= 4 is 22.9 Å². The topological polar surface area (TPSA) is 67.4 Å². The molecular weight excluding hydrogens is 288 g/mol. The molecule has 2 heterocycles. The van der Waals surface area contributed by atoms with E-state index in [0.717, 1.165) is 5.56 Å². The van der Waals surface area contributed by atoms with E-state index in [-0.39, 0.29) is 13.0 Å². The van der Waals surface area contributed by atoms with Crippen molar-refractivity contribution in [3.63, 3.8) is 0 Å². The molecule has 0 aliphatic carbocycles. The predicted molar refractivity (Wildman–Crippen MR) is 82.8 cm³/mol. The van der Waals surface area contributed by atoms with Gasteiger partial charge in [-0.05, 0) is 12.1 Å². The molecule has 0 spiro atoms. The number of aliphatic imine (C=N–C) groups is 1. The lowest BCUT2D eigenvalue weighted by Crippen LogP contribution is -2.52. The molecule has 116 valence electrons. The maximum atomic E-state index is 13.8. The molecule has 1 aliphatic heterocycles. The third-order valence-corrected chi connectivity index (χ3v) is 3.68.